The quantitative estimate of drug-likeness (QED) is 0.523. The SMILES string of the molecule is Cc1nc(Nc2ccc(NS(=O)(=O)c3ccc(C(F)(F)F)cc3)cc2)cc(N2CCCC2)n1. The van der Waals surface area contributed by atoms with E-state index in [1.165, 1.54) is 0 Å². The van der Waals surface area contributed by atoms with Crippen molar-refractivity contribution in [2.24, 2.45) is 0 Å². The fourth-order valence-corrected chi connectivity index (χ4v) is 4.59. The number of nitrogens with one attached hydrogen (secondary N) is 2. The molecule has 0 radical (unpaired) electrons. The van der Waals surface area contributed by atoms with Crippen molar-refractivity contribution in [3.05, 3.63) is 66.0 Å². The van der Waals surface area contributed by atoms with E-state index in [0.717, 1.165) is 56.0 Å². The Morgan fingerprint density at radius 2 is 1.52 bits per heavy atom. The maximum absolute atomic E-state index is 12.7. The third kappa shape index (κ3) is 5.54. The lowest BCUT2D eigenvalue weighted by molar-refractivity contribution is -0.137. The van der Waals surface area contributed by atoms with Crippen LogP contribution >= 0.6 is 0 Å². The molecule has 1 saturated heterocycles. The van der Waals surface area contributed by atoms with Crippen molar-refractivity contribution in [3.63, 3.8) is 0 Å². The number of anilines is 4. The zero-order valence-corrected chi connectivity index (χ0v) is 18.5. The Labute approximate surface area is 189 Å². The van der Waals surface area contributed by atoms with Crippen molar-refractivity contribution < 1.29 is 21.6 Å². The molecule has 4 rings (SSSR count). The van der Waals surface area contributed by atoms with E-state index >= 15 is 0 Å². The van der Waals surface area contributed by atoms with Gasteiger partial charge in [-0.2, -0.15) is 13.2 Å². The van der Waals surface area contributed by atoms with Crippen LogP contribution in [0.5, 0.6) is 0 Å². The Balaban J connectivity index is 1.45. The summed E-state index contributed by atoms with van der Waals surface area (Å²) in [5.74, 6) is 2.13. The van der Waals surface area contributed by atoms with Crippen molar-refractivity contribution in [1.29, 1.82) is 0 Å². The van der Waals surface area contributed by atoms with Gasteiger partial charge in [0.2, 0.25) is 0 Å². The first kappa shape index (κ1) is 22.8. The lowest BCUT2D eigenvalue weighted by Gasteiger charge is -2.18. The second-order valence-electron chi connectivity index (χ2n) is 7.68. The third-order valence-corrected chi connectivity index (χ3v) is 6.55. The van der Waals surface area contributed by atoms with Crippen molar-refractivity contribution in [2.75, 3.05) is 28.0 Å². The summed E-state index contributed by atoms with van der Waals surface area (Å²) in [5, 5.41) is 3.19. The van der Waals surface area contributed by atoms with Crippen molar-refractivity contribution >= 4 is 33.0 Å². The number of halogens is 3. The van der Waals surface area contributed by atoms with Crippen LogP contribution in [0.25, 0.3) is 0 Å². The molecule has 2 heterocycles. The third-order valence-electron chi connectivity index (χ3n) is 5.16. The van der Waals surface area contributed by atoms with Crippen LogP contribution in [0.3, 0.4) is 0 Å². The fourth-order valence-electron chi connectivity index (χ4n) is 3.53. The number of hydrogen-bond donors (Lipinski definition) is 2. The molecule has 2 aromatic carbocycles. The molecular formula is C22H22F3N5O2S. The van der Waals surface area contributed by atoms with Gasteiger partial charge < -0.3 is 10.2 Å². The lowest BCUT2D eigenvalue weighted by Crippen LogP contribution is -2.19. The monoisotopic (exact) mass is 477 g/mol. The van der Waals surface area contributed by atoms with Crippen LogP contribution in [-0.2, 0) is 16.2 Å². The number of aromatic nitrogens is 2. The van der Waals surface area contributed by atoms with Gasteiger partial charge in [-0.15, -0.1) is 0 Å². The van der Waals surface area contributed by atoms with E-state index in [-0.39, 0.29) is 10.6 Å². The van der Waals surface area contributed by atoms with E-state index in [0.29, 0.717) is 17.3 Å². The predicted molar refractivity (Wildman–Crippen MR) is 120 cm³/mol. The van der Waals surface area contributed by atoms with Crippen LogP contribution in [0.2, 0.25) is 0 Å². The van der Waals surface area contributed by atoms with E-state index in [2.05, 4.69) is 24.9 Å². The topological polar surface area (TPSA) is 87.2 Å². The first-order valence-electron chi connectivity index (χ1n) is 10.3. The largest absolute Gasteiger partial charge is 0.416 e. The van der Waals surface area contributed by atoms with Gasteiger partial charge in [0.1, 0.15) is 17.5 Å². The van der Waals surface area contributed by atoms with E-state index < -0.39 is 21.8 Å². The van der Waals surface area contributed by atoms with Crippen LogP contribution in [0.4, 0.5) is 36.2 Å². The summed E-state index contributed by atoms with van der Waals surface area (Å²) in [7, 11) is -4.03. The number of aryl methyl sites for hydroxylation is 1. The van der Waals surface area contributed by atoms with E-state index in [1.54, 1.807) is 24.3 Å². The maximum atomic E-state index is 12.7. The summed E-state index contributed by atoms with van der Waals surface area (Å²) in [6.07, 6.45) is -2.26. The van der Waals surface area contributed by atoms with Gasteiger partial charge in [0, 0.05) is 30.5 Å². The summed E-state index contributed by atoms with van der Waals surface area (Å²) in [6.45, 7) is 3.75. The molecule has 0 aliphatic carbocycles. The van der Waals surface area contributed by atoms with Gasteiger partial charge in [-0.1, -0.05) is 0 Å². The Hall–Kier alpha value is -3.34. The molecular weight excluding hydrogens is 455 g/mol. The van der Waals surface area contributed by atoms with Gasteiger partial charge in [0.25, 0.3) is 10.0 Å². The Kier molecular flexibility index (Phi) is 6.15. The van der Waals surface area contributed by atoms with Gasteiger partial charge in [-0.25, -0.2) is 18.4 Å². The molecule has 11 heteroatoms. The minimum absolute atomic E-state index is 0.261. The summed E-state index contributed by atoms with van der Waals surface area (Å²) in [4.78, 5) is 10.8. The summed E-state index contributed by atoms with van der Waals surface area (Å²) >= 11 is 0. The molecule has 0 bridgehead atoms. The number of sulfonamides is 1. The summed E-state index contributed by atoms with van der Waals surface area (Å²) in [5.41, 5.74) is 0.0553. The van der Waals surface area contributed by atoms with E-state index in [4.69, 9.17) is 0 Å². The maximum Gasteiger partial charge on any atom is 0.416 e. The van der Waals surface area contributed by atoms with Gasteiger partial charge in [0.05, 0.1) is 10.5 Å². The normalized spacial score (nSPS) is 14.4. The van der Waals surface area contributed by atoms with Crippen LogP contribution in [-0.4, -0.2) is 31.5 Å². The fraction of sp³-hybridized carbons (Fsp3) is 0.273. The molecule has 33 heavy (non-hydrogen) atoms. The van der Waals surface area contributed by atoms with Gasteiger partial charge in [-0.3, -0.25) is 4.72 Å². The highest BCUT2D eigenvalue weighted by atomic mass is 32.2. The first-order chi connectivity index (χ1) is 15.6. The zero-order valence-electron chi connectivity index (χ0n) is 17.7. The van der Waals surface area contributed by atoms with Crippen molar-refractivity contribution in [3.8, 4) is 0 Å². The highest BCUT2D eigenvalue weighted by molar-refractivity contribution is 7.92. The number of alkyl halides is 3. The molecule has 0 unspecified atom stereocenters. The minimum Gasteiger partial charge on any atom is -0.356 e. The molecule has 7 nitrogen and oxygen atoms in total. The van der Waals surface area contributed by atoms with E-state index in [9.17, 15) is 21.6 Å². The van der Waals surface area contributed by atoms with Crippen LogP contribution < -0.4 is 14.9 Å². The second-order valence-corrected chi connectivity index (χ2v) is 9.37. The zero-order chi connectivity index (χ0) is 23.6. The Bertz CT molecular complexity index is 1220. The predicted octanol–water partition coefficient (Wildman–Crippen LogP) is 4.95. The highest BCUT2D eigenvalue weighted by Crippen LogP contribution is 2.30. The number of benzene rings is 2. The Morgan fingerprint density at radius 3 is 2.12 bits per heavy atom. The molecule has 1 aliphatic rings. The van der Waals surface area contributed by atoms with Crippen LogP contribution in [0.15, 0.2) is 59.5 Å². The van der Waals surface area contributed by atoms with Crippen LogP contribution in [0, 0.1) is 6.92 Å². The lowest BCUT2D eigenvalue weighted by atomic mass is 10.2. The van der Waals surface area contributed by atoms with Crippen molar-refractivity contribution in [2.45, 2.75) is 30.8 Å². The summed E-state index contributed by atoms with van der Waals surface area (Å²) in [6, 6.07) is 11.7. The Morgan fingerprint density at radius 1 is 0.909 bits per heavy atom. The smallest absolute Gasteiger partial charge is 0.356 e. The number of rotatable bonds is 6. The molecule has 1 fully saturated rings. The molecule has 2 N–H and O–H groups in total. The average Bonchev–Trinajstić information content (AvgIpc) is 3.29. The van der Waals surface area contributed by atoms with Gasteiger partial charge >= 0.3 is 6.18 Å². The standard InChI is InChI=1S/C22H22F3N5O2S/c1-15-26-20(14-21(27-15)30-12-2-3-13-30)28-17-6-8-18(9-7-17)29-33(31,32)19-10-4-16(5-11-19)22(23,24)25/h4-11,14,29H,2-3,12-13H2,1H3,(H,26,27,28). The van der Waals surface area contributed by atoms with Crippen molar-refractivity contribution in [1.82, 2.24) is 9.97 Å². The molecule has 1 aromatic heterocycles. The highest BCUT2D eigenvalue weighted by Gasteiger charge is 2.30. The van der Waals surface area contributed by atoms with Gasteiger partial charge in [-0.05, 0) is 68.3 Å². The van der Waals surface area contributed by atoms with E-state index in [1.807, 2.05) is 13.0 Å². The molecule has 174 valence electrons. The first-order valence-corrected chi connectivity index (χ1v) is 11.8. The molecule has 1 aliphatic heterocycles. The molecule has 0 atom stereocenters. The van der Waals surface area contributed by atoms with Crippen LogP contribution in [0.1, 0.15) is 24.2 Å². The number of nitrogens with zero attached hydrogens (tertiary/aromatic N) is 3. The molecule has 0 saturated carbocycles. The number of hydrogen-bond acceptors (Lipinski definition) is 6. The molecule has 3 aromatic rings. The minimum atomic E-state index is -4.53. The molecule has 0 amide bonds. The van der Waals surface area contributed by atoms with Gasteiger partial charge in [0.15, 0.2) is 0 Å². The average molecular weight is 478 g/mol. The summed E-state index contributed by atoms with van der Waals surface area (Å²) < 4.78 is 65.5. The molecule has 0 spiro atoms. The second kappa shape index (κ2) is 8.89.